The maximum Gasteiger partial charge on any atom is 0.373 e. The first-order chi connectivity index (χ1) is 9.92. The average Bonchev–Trinajstić information content (AvgIpc) is 2.93. The van der Waals surface area contributed by atoms with Crippen LogP contribution in [-0.2, 0) is 4.74 Å². The summed E-state index contributed by atoms with van der Waals surface area (Å²) in [6.45, 7) is 6.08. The molecule has 0 aliphatic carbocycles. The average molecular weight is 352 g/mol. The molecule has 21 heavy (non-hydrogen) atoms. The molecule has 0 amide bonds. The summed E-state index contributed by atoms with van der Waals surface area (Å²) in [6, 6.07) is 7.48. The monoisotopic (exact) mass is 351 g/mol. The molecule has 1 aromatic carbocycles. The van der Waals surface area contributed by atoms with Crippen molar-refractivity contribution in [2.45, 2.75) is 26.8 Å². The van der Waals surface area contributed by atoms with Gasteiger partial charge in [0.2, 0.25) is 5.76 Å². The van der Waals surface area contributed by atoms with Crippen LogP contribution in [0.4, 0.5) is 5.69 Å². The van der Waals surface area contributed by atoms with Gasteiger partial charge >= 0.3 is 5.97 Å². The number of ether oxygens (including phenoxy) is 1. The largest absolute Gasteiger partial charge is 0.463 e. The number of hydrogen-bond donors (Lipinski definition) is 1. The lowest BCUT2D eigenvalue weighted by atomic mass is 10.1. The summed E-state index contributed by atoms with van der Waals surface area (Å²) in [4.78, 5) is 11.4. The lowest BCUT2D eigenvalue weighted by molar-refractivity contribution is 0.0562. The van der Waals surface area contributed by atoms with Crippen molar-refractivity contribution in [2.75, 3.05) is 12.4 Å². The number of benzene rings is 1. The van der Waals surface area contributed by atoms with Gasteiger partial charge in [-0.2, -0.15) is 0 Å². The van der Waals surface area contributed by atoms with E-state index in [9.17, 15) is 4.79 Å². The molecule has 2 aromatic rings. The molecular weight excluding hydrogens is 334 g/mol. The first-order valence-corrected chi connectivity index (χ1v) is 7.43. The minimum Gasteiger partial charge on any atom is -0.463 e. The number of anilines is 1. The van der Waals surface area contributed by atoms with Crippen LogP contribution in [0, 0.1) is 13.8 Å². The van der Waals surface area contributed by atoms with Crippen molar-refractivity contribution in [1.29, 1.82) is 0 Å². The van der Waals surface area contributed by atoms with E-state index in [1.54, 1.807) is 12.1 Å². The van der Waals surface area contributed by atoms with E-state index in [2.05, 4.69) is 52.0 Å². The van der Waals surface area contributed by atoms with Crippen LogP contribution >= 0.6 is 15.9 Å². The molecule has 0 aliphatic heterocycles. The number of carbonyl (C=O) groups is 1. The van der Waals surface area contributed by atoms with Gasteiger partial charge in [-0.3, -0.25) is 0 Å². The third-order valence-corrected chi connectivity index (χ3v) is 4.51. The fraction of sp³-hybridized carbons (Fsp3) is 0.312. The number of aryl methyl sites for hydroxylation is 2. The number of methoxy groups -OCH3 is 1. The SMILES string of the molecule is COC(=O)c1ccc(C(C)Nc2cc(C)c(Br)c(C)c2)o1. The smallest absolute Gasteiger partial charge is 0.373 e. The number of furan rings is 1. The van der Waals surface area contributed by atoms with Gasteiger partial charge in [-0.1, -0.05) is 15.9 Å². The molecule has 0 aliphatic rings. The van der Waals surface area contributed by atoms with Crippen molar-refractivity contribution in [3.8, 4) is 0 Å². The molecule has 0 bridgehead atoms. The first kappa shape index (κ1) is 15.6. The molecule has 0 saturated heterocycles. The van der Waals surface area contributed by atoms with Crippen molar-refractivity contribution in [1.82, 2.24) is 0 Å². The van der Waals surface area contributed by atoms with Gasteiger partial charge in [0.1, 0.15) is 5.76 Å². The first-order valence-electron chi connectivity index (χ1n) is 6.63. The van der Waals surface area contributed by atoms with E-state index in [0.29, 0.717) is 5.76 Å². The Hall–Kier alpha value is -1.75. The van der Waals surface area contributed by atoms with E-state index >= 15 is 0 Å². The maximum atomic E-state index is 11.4. The van der Waals surface area contributed by atoms with E-state index in [4.69, 9.17) is 4.42 Å². The molecule has 0 radical (unpaired) electrons. The van der Waals surface area contributed by atoms with E-state index in [-0.39, 0.29) is 11.8 Å². The molecule has 1 atom stereocenters. The Kier molecular flexibility index (Phi) is 4.73. The van der Waals surface area contributed by atoms with Crippen LogP contribution in [-0.4, -0.2) is 13.1 Å². The molecule has 4 nitrogen and oxygen atoms in total. The number of carbonyl (C=O) groups excluding carboxylic acids is 1. The van der Waals surface area contributed by atoms with Gasteiger partial charge in [0.15, 0.2) is 0 Å². The van der Waals surface area contributed by atoms with Gasteiger partial charge in [-0.15, -0.1) is 0 Å². The second-order valence-electron chi connectivity index (χ2n) is 4.98. The molecule has 0 saturated carbocycles. The van der Waals surface area contributed by atoms with Crippen LogP contribution in [0.3, 0.4) is 0 Å². The Morgan fingerprint density at radius 3 is 2.48 bits per heavy atom. The lowest BCUT2D eigenvalue weighted by Gasteiger charge is -2.15. The molecule has 112 valence electrons. The number of nitrogens with one attached hydrogen (secondary N) is 1. The van der Waals surface area contributed by atoms with E-state index in [0.717, 1.165) is 10.2 Å². The molecule has 2 rings (SSSR count). The third-order valence-electron chi connectivity index (χ3n) is 3.26. The van der Waals surface area contributed by atoms with E-state index in [1.165, 1.54) is 18.2 Å². The van der Waals surface area contributed by atoms with Gasteiger partial charge in [0.05, 0.1) is 13.2 Å². The zero-order valence-electron chi connectivity index (χ0n) is 12.5. The van der Waals surface area contributed by atoms with Crippen LogP contribution in [0.25, 0.3) is 0 Å². The zero-order chi connectivity index (χ0) is 15.6. The van der Waals surface area contributed by atoms with Gasteiger partial charge in [-0.25, -0.2) is 4.79 Å². The van der Waals surface area contributed by atoms with Crippen molar-refractivity contribution < 1.29 is 13.9 Å². The highest BCUT2D eigenvalue weighted by molar-refractivity contribution is 9.10. The quantitative estimate of drug-likeness (QED) is 0.816. The van der Waals surface area contributed by atoms with Crippen molar-refractivity contribution >= 4 is 27.6 Å². The molecule has 1 heterocycles. The van der Waals surface area contributed by atoms with Gasteiger partial charge in [0, 0.05) is 10.2 Å². The second kappa shape index (κ2) is 6.35. The highest BCUT2D eigenvalue weighted by Crippen LogP contribution is 2.28. The number of hydrogen-bond acceptors (Lipinski definition) is 4. The van der Waals surface area contributed by atoms with Gasteiger partial charge in [0.25, 0.3) is 0 Å². The highest BCUT2D eigenvalue weighted by atomic mass is 79.9. The number of esters is 1. The minimum atomic E-state index is -0.469. The molecule has 5 heteroatoms. The number of rotatable bonds is 4. The van der Waals surface area contributed by atoms with Crippen LogP contribution < -0.4 is 5.32 Å². The molecule has 1 unspecified atom stereocenters. The third kappa shape index (κ3) is 3.47. The zero-order valence-corrected chi connectivity index (χ0v) is 14.1. The predicted octanol–water partition coefficient (Wildman–Crippen LogP) is 4.62. The number of halogens is 1. The highest BCUT2D eigenvalue weighted by Gasteiger charge is 2.15. The maximum absolute atomic E-state index is 11.4. The topological polar surface area (TPSA) is 51.5 Å². The van der Waals surface area contributed by atoms with E-state index in [1.807, 2.05) is 6.92 Å². The minimum absolute atomic E-state index is 0.0524. The summed E-state index contributed by atoms with van der Waals surface area (Å²) >= 11 is 3.55. The van der Waals surface area contributed by atoms with Crippen molar-refractivity contribution in [3.63, 3.8) is 0 Å². The Labute approximate surface area is 132 Å². The molecule has 1 N–H and O–H groups in total. The Morgan fingerprint density at radius 2 is 1.90 bits per heavy atom. The fourth-order valence-electron chi connectivity index (χ4n) is 2.15. The predicted molar refractivity (Wildman–Crippen MR) is 85.7 cm³/mol. The van der Waals surface area contributed by atoms with Crippen LogP contribution in [0.5, 0.6) is 0 Å². The standard InChI is InChI=1S/C16H18BrNO3/c1-9-7-12(8-10(2)15(9)17)18-11(3)13-5-6-14(21-13)16(19)20-4/h5-8,11,18H,1-4H3. The fourth-order valence-corrected chi connectivity index (χ4v) is 2.38. The summed E-state index contributed by atoms with van der Waals surface area (Å²) in [6.07, 6.45) is 0. The van der Waals surface area contributed by atoms with E-state index < -0.39 is 5.97 Å². The molecule has 0 fully saturated rings. The Balaban J connectivity index is 2.16. The second-order valence-corrected chi connectivity index (χ2v) is 5.78. The summed E-state index contributed by atoms with van der Waals surface area (Å²) in [7, 11) is 1.33. The molecule has 1 aromatic heterocycles. The normalized spacial score (nSPS) is 12.0. The van der Waals surface area contributed by atoms with Crippen LogP contribution in [0.2, 0.25) is 0 Å². The summed E-state index contributed by atoms with van der Waals surface area (Å²) in [5, 5.41) is 3.37. The van der Waals surface area contributed by atoms with Gasteiger partial charge in [-0.05, 0) is 56.2 Å². The summed E-state index contributed by atoms with van der Waals surface area (Å²) in [5.74, 6) is 0.432. The van der Waals surface area contributed by atoms with Crippen molar-refractivity contribution in [2.24, 2.45) is 0 Å². The Bertz CT molecular complexity index is 640. The molecular formula is C16H18BrNO3. The summed E-state index contributed by atoms with van der Waals surface area (Å²) < 4.78 is 11.3. The van der Waals surface area contributed by atoms with Gasteiger partial charge < -0.3 is 14.5 Å². The lowest BCUT2D eigenvalue weighted by Crippen LogP contribution is -2.06. The van der Waals surface area contributed by atoms with Crippen molar-refractivity contribution in [3.05, 3.63) is 51.4 Å². The summed E-state index contributed by atoms with van der Waals surface area (Å²) in [5.41, 5.74) is 3.34. The van der Waals surface area contributed by atoms with Crippen LogP contribution in [0.15, 0.2) is 33.2 Å². The van der Waals surface area contributed by atoms with Crippen LogP contribution in [0.1, 0.15) is 40.4 Å². The Morgan fingerprint density at radius 1 is 1.29 bits per heavy atom. The molecule has 0 spiro atoms.